The van der Waals surface area contributed by atoms with Gasteiger partial charge in [0.1, 0.15) is 0 Å². The zero-order chi connectivity index (χ0) is 17.1. The largest absolute Gasteiger partial charge is 0.450 e. The smallest absolute Gasteiger partial charge is 0.404 e. The fourth-order valence-corrected chi connectivity index (χ4v) is 1.20. The summed E-state index contributed by atoms with van der Waals surface area (Å²) in [5.41, 5.74) is 9.08. The highest BCUT2D eigenvalue weighted by Gasteiger charge is 2.01. The van der Waals surface area contributed by atoms with Gasteiger partial charge in [0.15, 0.2) is 0 Å². The zero-order valence-corrected chi connectivity index (χ0v) is 13.8. The predicted molar refractivity (Wildman–Crippen MR) is 82.8 cm³/mol. The highest BCUT2D eigenvalue weighted by atomic mass is 16.5. The third-order valence-electron chi connectivity index (χ3n) is 2.37. The fraction of sp³-hybridized carbons (Fsp3) is 0.857. The molecule has 0 aromatic heterocycles. The first-order valence-electron chi connectivity index (χ1n) is 7.34. The molecule has 2 amide bonds. The van der Waals surface area contributed by atoms with Crippen LogP contribution in [0.2, 0.25) is 0 Å². The minimum absolute atomic E-state index is 0.356. The Balaban J connectivity index is -0.000000240. The molecule has 0 saturated carbocycles. The lowest BCUT2D eigenvalue weighted by molar-refractivity contribution is 0.162. The Bertz CT molecular complexity index is 217. The number of hydrogen-bond acceptors (Lipinski definition) is 5. The van der Waals surface area contributed by atoms with Gasteiger partial charge in [0.05, 0.1) is 13.2 Å². The van der Waals surface area contributed by atoms with E-state index < -0.39 is 12.2 Å². The van der Waals surface area contributed by atoms with E-state index in [1.807, 2.05) is 0 Å². The van der Waals surface area contributed by atoms with Gasteiger partial charge in [0.25, 0.3) is 0 Å². The molecule has 0 rings (SSSR count). The zero-order valence-electron chi connectivity index (χ0n) is 13.8. The van der Waals surface area contributed by atoms with Gasteiger partial charge in [0.2, 0.25) is 0 Å². The topological polar surface area (TPSA) is 125 Å². The molecule has 0 aliphatic carbocycles. The van der Waals surface area contributed by atoms with Crippen LogP contribution in [0.5, 0.6) is 0 Å². The van der Waals surface area contributed by atoms with Crippen LogP contribution in [-0.2, 0) is 9.47 Å². The number of carbonyl (C=O) groups excluding carboxylic acids is 2. The van der Waals surface area contributed by atoms with Crippen molar-refractivity contribution in [2.24, 2.45) is 17.4 Å². The maximum Gasteiger partial charge on any atom is 0.404 e. The molecule has 1 atom stereocenters. The fourth-order valence-electron chi connectivity index (χ4n) is 1.20. The number of amides is 2. The molecule has 1 unspecified atom stereocenters. The lowest BCUT2D eigenvalue weighted by atomic mass is 10.0. The molecule has 7 nitrogen and oxygen atoms in total. The van der Waals surface area contributed by atoms with Crippen LogP contribution in [0, 0.1) is 5.92 Å². The number of hydrogen-bond donors (Lipinski definition) is 3. The van der Waals surface area contributed by atoms with Crippen LogP contribution in [0.3, 0.4) is 0 Å². The summed E-state index contributed by atoms with van der Waals surface area (Å²) in [6.45, 7) is 8.80. The first kappa shape index (κ1) is 24.5. The summed E-state index contributed by atoms with van der Waals surface area (Å²) in [4.78, 5) is 19.2. The molecule has 128 valence electrons. The molecule has 0 aliphatic heterocycles. The van der Waals surface area contributed by atoms with Crippen molar-refractivity contribution in [2.45, 2.75) is 53.4 Å². The molecule has 0 fully saturated rings. The number of unbranched alkanes of at least 4 members (excludes halogenated alkanes) is 1. The van der Waals surface area contributed by atoms with Crippen LogP contribution < -0.4 is 11.5 Å². The van der Waals surface area contributed by atoms with E-state index in [0.717, 1.165) is 6.42 Å². The molecule has 0 saturated heterocycles. The second-order valence-corrected chi connectivity index (χ2v) is 4.10. The third kappa shape index (κ3) is 32.2. The summed E-state index contributed by atoms with van der Waals surface area (Å²) in [7, 11) is 0. The van der Waals surface area contributed by atoms with Gasteiger partial charge < -0.3 is 26.0 Å². The number of aliphatic hydroxyl groups is 1. The number of primary amides is 2. The number of nitrogens with two attached hydrogens (primary N) is 2. The van der Waals surface area contributed by atoms with Crippen molar-refractivity contribution in [3.63, 3.8) is 0 Å². The molecule has 7 heteroatoms. The van der Waals surface area contributed by atoms with E-state index in [1.54, 1.807) is 13.8 Å². The Morgan fingerprint density at radius 2 is 1.43 bits per heavy atom. The molecule has 0 aromatic rings. The van der Waals surface area contributed by atoms with Crippen LogP contribution in [0.25, 0.3) is 0 Å². The van der Waals surface area contributed by atoms with Crippen molar-refractivity contribution in [2.75, 3.05) is 19.8 Å². The summed E-state index contributed by atoms with van der Waals surface area (Å²) in [6.07, 6.45) is 3.41. The third-order valence-corrected chi connectivity index (χ3v) is 2.37. The first-order chi connectivity index (χ1) is 9.89. The van der Waals surface area contributed by atoms with E-state index in [-0.39, 0.29) is 0 Å². The highest BCUT2D eigenvalue weighted by molar-refractivity contribution is 5.64. The van der Waals surface area contributed by atoms with Crippen LogP contribution in [-0.4, -0.2) is 37.1 Å². The molecule has 0 aliphatic rings. The minimum atomic E-state index is -0.711. The summed E-state index contributed by atoms with van der Waals surface area (Å²) in [6, 6.07) is 0. The quantitative estimate of drug-likeness (QED) is 0.666. The van der Waals surface area contributed by atoms with Crippen LogP contribution >= 0.6 is 0 Å². The average Bonchev–Trinajstić information content (AvgIpc) is 2.41. The lowest BCUT2D eigenvalue weighted by Gasteiger charge is -2.08. The van der Waals surface area contributed by atoms with Crippen LogP contribution in [0.15, 0.2) is 0 Å². The lowest BCUT2D eigenvalue weighted by Crippen LogP contribution is -2.11. The normalized spacial score (nSPS) is 10.1. The summed E-state index contributed by atoms with van der Waals surface area (Å²) < 4.78 is 8.36. The molecule has 0 heterocycles. The van der Waals surface area contributed by atoms with Gasteiger partial charge in [-0.1, -0.05) is 33.1 Å². The van der Waals surface area contributed by atoms with Crippen molar-refractivity contribution >= 4 is 12.2 Å². The van der Waals surface area contributed by atoms with Gasteiger partial charge in [-0.2, -0.15) is 0 Å². The molecule has 0 spiro atoms. The molecule has 21 heavy (non-hydrogen) atoms. The summed E-state index contributed by atoms with van der Waals surface area (Å²) in [5.74, 6) is 0.560. The van der Waals surface area contributed by atoms with E-state index in [2.05, 4.69) is 34.8 Å². The average molecular weight is 308 g/mol. The summed E-state index contributed by atoms with van der Waals surface area (Å²) >= 11 is 0. The molecule has 0 radical (unpaired) electrons. The molecular formula is C14H32N2O5. The Morgan fingerprint density at radius 3 is 1.57 bits per heavy atom. The van der Waals surface area contributed by atoms with Gasteiger partial charge in [0, 0.05) is 6.61 Å². The van der Waals surface area contributed by atoms with Gasteiger partial charge in [-0.3, -0.25) is 0 Å². The predicted octanol–water partition coefficient (Wildman–Crippen LogP) is 2.40. The summed E-state index contributed by atoms with van der Waals surface area (Å²) in [5, 5.41) is 8.75. The molecule has 0 bridgehead atoms. The van der Waals surface area contributed by atoms with Crippen molar-refractivity contribution in [3.8, 4) is 0 Å². The second-order valence-electron chi connectivity index (χ2n) is 4.10. The monoisotopic (exact) mass is 308 g/mol. The van der Waals surface area contributed by atoms with E-state index in [4.69, 9.17) is 5.11 Å². The minimum Gasteiger partial charge on any atom is -0.450 e. The van der Waals surface area contributed by atoms with Crippen molar-refractivity contribution in [1.29, 1.82) is 0 Å². The molecular weight excluding hydrogens is 276 g/mol. The van der Waals surface area contributed by atoms with Crippen molar-refractivity contribution < 1.29 is 24.2 Å². The second kappa shape index (κ2) is 20.8. The van der Waals surface area contributed by atoms with E-state index in [9.17, 15) is 9.59 Å². The Morgan fingerprint density at radius 1 is 1.00 bits per heavy atom. The SMILES string of the molecule is CCCCC(CC)CO.CCOC(N)=O.CCOC(N)=O. The Hall–Kier alpha value is -1.50. The standard InChI is InChI=1S/C8H18O.2C3H7NO2/c1-3-5-6-8(4-2)7-9;2*1-2-6-3(4)5/h8-9H,3-7H2,1-2H3;2*2H2,1H3,(H2,4,5). The maximum absolute atomic E-state index is 9.60. The van der Waals surface area contributed by atoms with Crippen molar-refractivity contribution in [1.82, 2.24) is 0 Å². The first-order valence-corrected chi connectivity index (χ1v) is 7.34. The van der Waals surface area contributed by atoms with Gasteiger partial charge in [-0.25, -0.2) is 9.59 Å². The Kier molecular flexibility index (Phi) is 24.3. The number of ether oxygens (including phenoxy) is 2. The number of rotatable bonds is 7. The molecule has 5 N–H and O–H groups in total. The van der Waals surface area contributed by atoms with Crippen LogP contribution in [0.4, 0.5) is 9.59 Å². The molecule has 0 aromatic carbocycles. The van der Waals surface area contributed by atoms with Gasteiger partial charge in [-0.05, 0) is 26.2 Å². The van der Waals surface area contributed by atoms with E-state index in [0.29, 0.717) is 25.7 Å². The van der Waals surface area contributed by atoms with Gasteiger partial charge in [-0.15, -0.1) is 0 Å². The Labute approximate surface area is 128 Å². The maximum atomic E-state index is 9.60. The highest BCUT2D eigenvalue weighted by Crippen LogP contribution is 2.10. The van der Waals surface area contributed by atoms with Crippen LogP contribution in [0.1, 0.15) is 53.4 Å². The van der Waals surface area contributed by atoms with Crippen molar-refractivity contribution in [3.05, 3.63) is 0 Å². The van der Waals surface area contributed by atoms with E-state index >= 15 is 0 Å². The number of aliphatic hydroxyl groups excluding tert-OH is 1. The van der Waals surface area contributed by atoms with E-state index in [1.165, 1.54) is 19.3 Å². The number of carbonyl (C=O) groups is 2. The van der Waals surface area contributed by atoms with Gasteiger partial charge >= 0.3 is 12.2 Å².